The summed E-state index contributed by atoms with van der Waals surface area (Å²) in [6.07, 6.45) is 0. The van der Waals surface area contributed by atoms with Crippen molar-refractivity contribution < 1.29 is 23.5 Å². The van der Waals surface area contributed by atoms with Crippen molar-refractivity contribution in [2.24, 2.45) is 5.92 Å². The maximum Gasteiger partial charge on any atom is 0.253 e. The smallest absolute Gasteiger partial charge is 0.253 e. The molecular weight excluding hydrogens is 643 g/mol. The molecule has 2 amide bonds. The standard InChI is InChI=1S/C42H37FN4O4/c1-46-34-17-9-7-15-32(34)42(41(46)50)37(39(48)27-19-21-28(22-20-27)40(49)47-25-23-44-24-26-47)36(38(45-42)30-13-5-8-16-33(30)43)31-14-6-10-18-35(31)51-29-11-3-2-4-12-29/h2-22,36-38,44-45H,23-26H2,1H3/t36-,37+,38+,42-/m1/s1. The van der Waals surface area contributed by atoms with Crippen LogP contribution in [-0.4, -0.2) is 55.7 Å². The van der Waals surface area contributed by atoms with E-state index in [0.717, 1.165) is 13.1 Å². The highest BCUT2D eigenvalue weighted by atomic mass is 19.1. The lowest BCUT2D eigenvalue weighted by Gasteiger charge is -2.32. The average molecular weight is 681 g/mol. The van der Waals surface area contributed by atoms with E-state index in [4.69, 9.17) is 4.74 Å². The van der Waals surface area contributed by atoms with Crippen molar-refractivity contribution in [1.29, 1.82) is 0 Å². The summed E-state index contributed by atoms with van der Waals surface area (Å²) in [7, 11) is 1.70. The summed E-state index contributed by atoms with van der Waals surface area (Å²) in [5, 5.41) is 6.86. The number of para-hydroxylation sites is 3. The monoisotopic (exact) mass is 680 g/mol. The highest BCUT2D eigenvalue weighted by Gasteiger charge is 2.66. The minimum absolute atomic E-state index is 0.0968. The fourth-order valence-electron chi connectivity index (χ4n) is 8.10. The van der Waals surface area contributed by atoms with Crippen LogP contribution in [0.4, 0.5) is 10.1 Å². The highest BCUT2D eigenvalue weighted by Crippen LogP contribution is 2.60. The van der Waals surface area contributed by atoms with Crippen molar-refractivity contribution in [2.75, 3.05) is 38.1 Å². The van der Waals surface area contributed by atoms with Crippen LogP contribution < -0.4 is 20.3 Å². The molecule has 9 heteroatoms. The van der Waals surface area contributed by atoms with Gasteiger partial charge in [0.05, 0.1) is 5.92 Å². The number of fused-ring (bicyclic) bond motifs is 2. The number of rotatable bonds is 7. The molecule has 2 fully saturated rings. The van der Waals surface area contributed by atoms with Gasteiger partial charge in [0.25, 0.3) is 11.8 Å². The number of hydrogen-bond donors (Lipinski definition) is 2. The Labute approximate surface area is 295 Å². The number of piperazine rings is 1. The van der Waals surface area contributed by atoms with Crippen LogP contribution in [0.1, 0.15) is 49.4 Å². The first kappa shape index (κ1) is 32.6. The molecule has 5 aromatic carbocycles. The van der Waals surface area contributed by atoms with Crippen LogP contribution in [0.25, 0.3) is 0 Å². The number of nitrogens with one attached hydrogen (secondary N) is 2. The molecule has 8 rings (SSSR count). The number of likely N-dealkylation sites (N-methyl/N-ethyl adjacent to an activating group) is 1. The summed E-state index contributed by atoms with van der Waals surface area (Å²) in [5.74, 6) is -1.87. The van der Waals surface area contributed by atoms with E-state index in [1.807, 2.05) is 78.9 Å². The number of ether oxygens (including phenoxy) is 1. The number of anilines is 1. The van der Waals surface area contributed by atoms with E-state index in [0.29, 0.717) is 58.1 Å². The Morgan fingerprint density at radius 1 is 0.765 bits per heavy atom. The van der Waals surface area contributed by atoms with E-state index in [2.05, 4.69) is 10.6 Å². The minimum Gasteiger partial charge on any atom is -0.457 e. The Kier molecular flexibility index (Phi) is 8.45. The number of nitrogens with zero attached hydrogens (tertiary/aromatic N) is 2. The maximum atomic E-state index is 16.0. The first-order valence-corrected chi connectivity index (χ1v) is 17.2. The molecule has 0 radical (unpaired) electrons. The second-order valence-corrected chi connectivity index (χ2v) is 13.3. The molecule has 5 aromatic rings. The third-order valence-corrected chi connectivity index (χ3v) is 10.5. The Morgan fingerprint density at radius 2 is 1.39 bits per heavy atom. The lowest BCUT2D eigenvalue weighted by molar-refractivity contribution is -0.124. The Bertz CT molecular complexity index is 2120. The second-order valence-electron chi connectivity index (χ2n) is 13.3. The normalized spacial score (nSPS) is 22.6. The zero-order valence-electron chi connectivity index (χ0n) is 28.1. The molecule has 3 heterocycles. The van der Waals surface area contributed by atoms with Gasteiger partial charge in [-0.1, -0.05) is 84.9 Å². The van der Waals surface area contributed by atoms with Gasteiger partial charge >= 0.3 is 0 Å². The van der Waals surface area contributed by atoms with Crippen LogP contribution in [0, 0.1) is 11.7 Å². The third kappa shape index (κ3) is 5.49. The van der Waals surface area contributed by atoms with Gasteiger partial charge in [-0.3, -0.25) is 19.7 Å². The molecule has 4 atom stereocenters. The van der Waals surface area contributed by atoms with Gasteiger partial charge in [-0.15, -0.1) is 0 Å². The Balaban J connectivity index is 1.31. The Hall–Kier alpha value is -5.64. The van der Waals surface area contributed by atoms with Gasteiger partial charge in [0.1, 0.15) is 22.9 Å². The predicted molar refractivity (Wildman–Crippen MR) is 193 cm³/mol. The summed E-state index contributed by atoms with van der Waals surface area (Å²) in [6.45, 7) is 2.66. The van der Waals surface area contributed by atoms with Crippen LogP contribution in [0.3, 0.4) is 0 Å². The summed E-state index contributed by atoms with van der Waals surface area (Å²) < 4.78 is 22.4. The average Bonchev–Trinajstić information content (AvgIpc) is 3.64. The fraction of sp³-hybridized carbons (Fsp3) is 0.214. The van der Waals surface area contributed by atoms with Crippen LogP contribution in [0.2, 0.25) is 0 Å². The van der Waals surface area contributed by atoms with Crippen LogP contribution >= 0.6 is 0 Å². The number of carbonyl (C=O) groups is 3. The molecule has 1 spiro atoms. The number of benzene rings is 5. The van der Waals surface area contributed by atoms with Gasteiger partial charge in [0.15, 0.2) is 5.78 Å². The van der Waals surface area contributed by atoms with E-state index in [1.54, 1.807) is 59.3 Å². The molecule has 0 aliphatic carbocycles. The first-order valence-electron chi connectivity index (χ1n) is 17.2. The summed E-state index contributed by atoms with van der Waals surface area (Å²) >= 11 is 0. The molecule has 0 aromatic heterocycles. The third-order valence-electron chi connectivity index (χ3n) is 10.5. The number of carbonyl (C=O) groups excluding carboxylic acids is 3. The summed E-state index contributed by atoms with van der Waals surface area (Å²) in [4.78, 5) is 46.8. The largest absolute Gasteiger partial charge is 0.457 e. The molecule has 0 saturated carbocycles. The number of ketones is 1. The second kappa shape index (κ2) is 13.2. The van der Waals surface area contributed by atoms with Crippen LogP contribution in [0.5, 0.6) is 11.5 Å². The van der Waals surface area contributed by atoms with Crippen LogP contribution in [-0.2, 0) is 10.3 Å². The molecule has 256 valence electrons. The fourth-order valence-corrected chi connectivity index (χ4v) is 8.10. The van der Waals surface area contributed by atoms with Gasteiger partial charge < -0.3 is 19.9 Å². The zero-order chi connectivity index (χ0) is 35.1. The molecule has 3 aliphatic rings. The van der Waals surface area contributed by atoms with Gasteiger partial charge in [-0.25, -0.2) is 4.39 Å². The van der Waals surface area contributed by atoms with Crippen molar-refractivity contribution in [2.45, 2.75) is 17.5 Å². The van der Waals surface area contributed by atoms with Gasteiger partial charge in [0.2, 0.25) is 0 Å². The maximum absolute atomic E-state index is 16.0. The van der Waals surface area contributed by atoms with Gasteiger partial charge in [0, 0.05) is 78.7 Å². The van der Waals surface area contributed by atoms with Crippen LogP contribution in [0.15, 0.2) is 127 Å². The van der Waals surface area contributed by atoms with E-state index in [9.17, 15) is 9.59 Å². The van der Waals surface area contributed by atoms with Crippen molar-refractivity contribution in [1.82, 2.24) is 15.5 Å². The van der Waals surface area contributed by atoms with Gasteiger partial charge in [-0.05, 0) is 42.5 Å². The number of Topliss-reactive ketones (excluding diaryl/α,β-unsaturated/α-hetero) is 1. The topological polar surface area (TPSA) is 91.0 Å². The van der Waals surface area contributed by atoms with E-state index in [1.165, 1.54) is 6.07 Å². The Morgan fingerprint density at radius 3 is 2.14 bits per heavy atom. The number of halogens is 1. The van der Waals surface area contributed by atoms with Crippen molar-refractivity contribution in [3.8, 4) is 11.5 Å². The lowest BCUT2D eigenvalue weighted by atomic mass is 9.69. The molecule has 2 saturated heterocycles. The molecule has 8 nitrogen and oxygen atoms in total. The summed E-state index contributed by atoms with van der Waals surface area (Å²) in [6, 6.07) is 36.6. The number of amides is 2. The zero-order valence-corrected chi connectivity index (χ0v) is 28.1. The quantitative estimate of drug-likeness (QED) is 0.192. The van der Waals surface area contributed by atoms with E-state index in [-0.39, 0.29) is 17.6 Å². The van der Waals surface area contributed by atoms with Crippen molar-refractivity contribution in [3.05, 3.63) is 161 Å². The minimum atomic E-state index is -1.55. The highest BCUT2D eigenvalue weighted by molar-refractivity contribution is 6.13. The molecule has 2 N–H and O–H groups in total. The van der Waals surface area contributed by atoms with Crippen molar-refractivity contribution >= 4 is 23.3 Å². The van der Waals surface area contributed by atoms with Gasteiger partial charge in [-0.2, -0.15) is 0 Å². The SMILES string of the molecule is CN1C(=O)[C@@]2(N[C@@H](c3ccccc3F)[C@H](c3ccccc3Oc3ccccc3)[C@H]2C(=O)c2ccc(C(=O)N3CCNCC3)cc2)c2ccccc21. The van der Waals surface area contributed by atoms with E-state index >= 15 is 9.18 Å². The lowest BCUT2D eigenvalue weighted by Crippen LogP contribution is -2.52. The molecule has 0 unspecified atom stereocenters. The molecule has 3 aliphatic heterocycles. The molecule has 0 bridgehead atoms. The van der Waals surface area contributed by atoms with Crippen molar-refractivity contribution in [3.63, 3.8) is 0 Å². The summed E-state index contributed by atoms with van der Waals surface area (Å²) in [5.41, 5.74) is 1.59. The first-order chi connectivity index (χ1) is 24.9. The van der Waals surface area contributed by atoms with E-state index < -0.39 is 29.2 Å². The predicted octanol–water partition coefficient (Wildman–Crippen LogP) is 6.46. The molecule has 51 heavy (non-hydrogen) atoms. The molecular formula is C42H37FN4O4. The number of hydrogen-bond acceptors (Lipinski definition) is 6.